The highest BCUT2D eigenvalue weighted by molar-refractivity contribution is 7.92. The molecule has 1 saturated carbocycles. The van der Waals surface area contributed by atoms with E-state index in [9.17, 15) is 12.8 Å². The summed E-state index contributed by atoms with van der Waals surface area (Å²) in [6.07, 6.45) is 8.63. The van der Waals surface area contributed by atoms with E-state index >= 15 is 0 Å². The van der Waals surface area contributed by atoms with Crippen molar-refractivity contribution in [3.63, 3.8) is 0 Å². The lowest BCUT2D eigenvalue weighted by Crippen LogP contribution is -2.51. The molecule has 4 aromatic rings. The zero-order chi connectivity index (χ0) is 27.4. The Morgan fingerprint density at radius 1 is 1.00 bits per heavy atom. The number of allylic oxidation sites excluding steroid dienone is 1. The van der Waals surface area contributed by atoms with Gasteiger partial charge in [0, 0.05) is 40.3 Å². The Morgan fingerprint density at radius 2 is 1.74 bits per heavy atom. The van der Waals surface area contributed by atoms with E-state index in [1.165, 1.54) is 23.3 Å². The van der Waals surface area contributed by atoms with Gasteiger partial charge in [-0.05, 0) is 98.8 Å². The fourth-order valence-electron chi connectivity index (χ4n) is 6.73. The fourth-order valence-corrected chi connectivity index (χ4v) is 8.56. The topological polar surface area (TPSA) is 52.0 Å². The number of fused-ring (bicyclic) bond motifs is 2. The van der Waals surface area contributed by atoms with Gasteiger partial charge in [-0.15, -0.1) is 0 Å². The highest BCUT2D eigenvalue weighted by Crippen LogP contribution is 2.59. The summed E-state index contributed by atoms with van der Waals surface area (Å²) in [6, 6.07) is 21.9. The maximum Gasteiger partial charge on any atom is 0.181 e. The number of aryl methyl sites for hydroxylation is 1. The fraction of sp³-hybridized carbons (Fsp3) is 0.303. The van der Waals surface area contributed by atoms with Crippen molar-refractivity contribution >= 4 is 15.9 Å². The lowest BCUT2D eigenvalue weighted by molar-refractivity contribution is 0.144. The Labute approximate surface area is 230 Å². The summed E-state index contributed by atoms with van der Waals surface area (Å²) in [5.74, 6) is -0.262. The van der Waals surface area contributed by atoms with E-state index in [1.807, 2.05) is 43.6 Å². The molecule has 39 heavy (non-hydrogen) atoms. The lowest BCUT2D eigenvalue weighted by Gasteiger charge is -2.54. The minimum Gasteiger partial charge on any atom is -0.317 e. The van der Waals surface area contributed by atoms with Crippen molar-refractivity contribution in [3.05, 3.63) is 119 Å². The maximum absolute atomic E-state index is 14.0. The molecule has 2 atom stereocenters. The second-order valence-electron chi connectivity index (χ2n) is 11.6. The first-order valence-electron chi connectivity index (χ1n) is 13.5. The molecule has 2 heterocycles. The number of hydrogen-bond donors (Lipinski definition) is 0. The predicted molar refractivity (Wildman–Crippen MR) is 153 cm³/mol. The van der Waals surface area contributed by atoms with Gasteiger partial charge in [-0.2, -0.15) is 0 Å². The van der Waals surface area contributed by atoms with Crippen LogP contribution >= 0.6 is 0 Å². The summed E-state index contributed by atoms with van der Waals surface area (Å²) in [7, 11) is -3.52. The summed E-state index contributed by atoms with van der Waals surface area (Å²) >= 11 is 0. The molecule has 200 valence electrons. The number of aromatic nitrogens is 2. The van der Waals surface area contributed by atoms with Crippen LogP contribution in [0.3, 0.4) is 0 Å². The van der Waals surface area contributed by atoms with Crippen molar-refractivity contribution in [2.45, 2.75) is 62.0 Å². The van der Waals surface area contributed by atoms with Crippen LogP contribution in [0.2, 0.25) is 0 Å². The van der Waals surface area contributed by atoms with E-state index in [-0.39, 0.29) is 5.82 Å². The van der Waals surface area contributed by atoms with Gasteiger partial charge < -0.3 is 4.57 Å². The maximum atomic E-state index is 14.0. The molecule has 0 aliphatic heterocycles. The van der Waals surface area contributed by atoms with E-state index in [1.54, 1.807) is 24.3 Å². The molecule has 0 unspecified atom stereocenters. The van der Waals surface area contributed by atoms with Crippen LogP contribution in [0, 0.1) is 18.2 Å². The number of hydrogen-bond acceptors (Lipinski definition) is 3. The van der Waals surface area contributed by atoms with Crippen molar-refractivity contribution in [1.29, 1.82) is 0 Å². The van der Waals surface area contributed by atoms with Crippen LogP contribution < -0.4 is 0 Å². The Kier molecular flexibility index (Phi) is 6.14. The summed E-state index contributed by atoms with van der Waals surface area (Å²) < 4.78 is 43.7. The van der Waals surface area contributed by atoms with Crippen molar-refractivity contribution in [3.8, 4) is 5.69 Å². The number of nitrogens with zero attached hydrogens (tertiary/aromatic N) is 2. The van der Waals surface area contributed by atoms with Crippen LogP contribution in [0.1, 0.15) is 55.6 Å². The van der Waals surface area contributed by atoms with Crippen molar-refractivity contribution in [1.82, 2.24) is 9.55 Å². The molecule has 0 amide bonds. The number of pyridine rings is 1. The SMILES string of the molecule is Cc1ccc(S(=O)(=O)[C@H]2CCC3=Cc4c(ccn4-c4ccc(F)cc4)C[C@]3(C(C)(C)c3ccccn3)C2)cc1. The molecule has 0 radical (unpaired) electrons. The Hall–Kier alpha value is -3.51. The van der Waals surface area contributed by atoms with Gasteiger partial charge in [-0.25, -0.2) is 12.8 Å². The monoisotopic (exact) mass is 540 g/mol. The molecule has 1 fully saturated rings. The van der Waals surface area contributed by atoms with E-state index < -0.39 is 25.9 Å². The third-order valence-electron chi connectivity index (χ3n) is 9.14. The minimum absolute atomic E-state index is 0.262. The zero-order valence-corrected chi connectivity index (χ0v) is 23.4. The van der Waals surface area contributed by atoms with Gasteiger partial charge in [0.05, 0.1) is 10.1 Å². The summed E-state index contributed by atoms with van der Waals surface area (Å²) in [4.78, 5) is 5.16. The average Bonchev–Trinajstić information content (AvgIpc) is 3.34. The van der Waals surface area contributed by atoms with Gasteiger partial charge in [0.15, 0.2) is 9.84 Å². The summed E-state index contributed by atoms with van der Waals surface area (Å²) in [6.45, 7) is 6.40. The number of sulfone groups is 1. The normalized spacial score (nSPS) is 21.1. The minimum atomic E-state index is -3.52. The number of benzene rings is 2. The van der Waals surface area contributed by atoms with Crippen molar-refractivity contribution in [2.24, 2.45) is 5.41 Å². The van der Waals surface area contributed by atoms with E-state index in [0.29, 0.717) is 30.6 Å². The standard InChI is InChI=1S/C33H33FN2O2S/c1-23-7-14-28(15-8-23)39(37,38)29-16-9-25-20-30-24(17-19-36(30)27-12-10-26(34)11-13-27)21-33(25,22-29)32(2,3)31-6-4-5-18-35-31/h4-8,10-15,17-20,29H,9,16,21-22H2,1-3H3/t29-,33-/m0/s1. The summed E-state index contributed by atoms with van der Waals surface area (Å²) in [5.41, 5.74) is 5.59. The second-order valence-corrected chi connectivity index (χ2v) is 13.8. The first-order valence-corrected chi connectivity index (χ1v) is 15.1. The second kappa shape index (κ2) is 9.30. The molecule has 2 aromatic carbocycles. The molecule has 4 nitrogen and oxygen atoms in total. The highest BCUT2D eigenvalue weighted by Gasteiger charge is 2.55. The molecule has 6 rings (SSSR count). The number of rotatable bonds is 5. The Bertz CT molecular complexity index is 1650. The van der Waals surface area contributed by atoms with E-state index in [4.69, 9.17) is 4.98 Å². The van der Waals surface area contributed by atoms with Gasteiger partial charge in [0.2, 0.25) is 0 Å². The molecule has 0 bridgehead atoms. The summed E-state index contributed by atoms with van der Waals surface area (Å²) in [5, 5.41) is -0.485. The molecule has 6 heteroatoms. The predicted octanol–water partition coefficient (Wildman–Crippen LogP) is 7.25. The number of halogens is 1. The average molecular weight is 541 g/mol. The largest absolute Gasteiger partial charge is 0.317 e. The smallest absolute Gasteiger partial charge is 0.181 e. The van der Waals surface area contributed by atoms with Crippen LogP contribution in [-0.4, -0.2) is 23.2 Å². The Morgan fingerprint density at radius 3 is 2.44 bits per heavy atom. The van der Waals surface area contributed by atoms with Gasteiger partial charge in [0.25, 0.3) is 0 Å². The molecule has 2 aliphatic rings. The van der Waals surface area contributed by atoms with Crippen LogP contribution in [0.15, 0.2) is 95.7 Å². The zero-order valence-electron chi connectivity index (χ0n) is 22.6. The molecule has 2 aromatic heterocycles. The molecule has 0 N–H and O–H groups in total. The molecule has 0 saturated heterocycles. The van der Waals surface area contributed by atoms with Gasteiger partial charge in [-0.3, -0.25) is 4.98 Å². The first-order chi connectivity index (χ1) is 18.6. The van der Waals surface area contributed by atoms with Gasteiger partial charge >= 0.3 is 0 Å². The van der Waals surface area contributed by atoms with Crippen LogP contribution in [-0.2, 0) is 21.7 Å². The quantitative estimate of drug-likeness (QED) is 0.268. The van der Waals surface area contributed by atoms with Crippen LogP contribution in [0.4, 0.5) is 4.39 Å². The van der Waals surface area contributed by atoms with Crippen LogP contribution in [0.5, 0.6) is 0 Å². The third-order valence-corrected chi connectivity index (χ3v) is 11.3. The Balaban J connectivity index is 1.48. The lowest BCUT2D eigenvalue weighted by atomic mass is 9.51. The molecular formula is C33H33FN2O2S. The van der Waals surface area contributed by atoms with E-state index in [2.05, 4.69) is 36.6 Å². The van der Waals surface area contributed by atoms with Gasteiger partial charge in [0.1, 0.15) is 5.82 Å². The van der Waals surface area contributed by atoms with Crippen molar-refractivity contribution < 1.29 is 12.8 Å². The van der Waals surface area contributed by atoms with Gasteiger partial charge in [-0.1, -0.05) is 43.2 Å². The highest BCUT2D eigenvalue weighted by atomic mass is 32.2. The molecule has 2 aliphatic carbocycles. The first kappa shape index (κ1) is 25.8. The van der Waals surface area contributed by atoms with Crippen LogP contribution in [0.25, 0.3) is 11.8 Å². The molecule has 0 spiro atoms. The van der Waals surface area contributed by atoms with Crippen molar-refractivity contribution in [2.75, 3.05) is 0 Å². The molecular weight excluding hydrogens is 507 g/mol. The third kappa shape index (κ3) is 4.17. The van der Waals surface area contributed by atoms with E-state index in [0.717, 1.165) is 22.6 Å².